The second-order valence-electron chi connectivity index (χ2n) is 3.04. The third-order valence-electron chi connectivity index (χ3n) is 1.92. The topological polar surface area (TPSA) is 32.3 Å². The molecule has 0 aromatic heterocycles. The van der Waals surface area contributed by atoms with Crippen LogP contribution in [-0.4, -0.2) is 11.8 Å². The molecule has 1 rings (SSSR count). The first-order chi connectivity index (χ1) is 6.79. The molecular formula is C11H13NaO2S. The van der Waals surface area contributed by atoms with Crippen LogP contribution in [-0.2, 0) is 11.2 Å². The maximum absolute atomic E-state index is 10.3. The van der Waals surface area contributed by atoms with Crippen LogP contribution in [0.2, 0.25) is 0 Å². The SMILES string of the molecule is [Na+].[O-]C(=S)OCCCCc1ccccc1. The van der Waals surface area contributed by atoms with Gasteiger partial charge in [-0.25, -0.2) is 0 Å². The Hall–Kier alpha value is -0.0900. The van der Waals surface area contributed by atoms with Gasteiger partial charge in [-0.1, -0.05) is 42.5 Å². The van der Waals surface area contributed by atoms with Gasteiger partial charge in [-0.3, -0.25) is 0 Å². The molecule has 0 N–H and O–H groups in total. The maximum atomic E-state index is 10.3. The number of hydrogen-bond acceptors (Lipinski definition) is 3. The summed E-state index contributed by atoms with van der Waals surface area (Å²) in [5, 5.41) is 9.66. The van der Waals surface area contributed by atoms with Crippen molar-refractivity contribution >= 4 is 17.5 Å². The molecule has 4 heteroatoms. The van der Waals surface area contributed by atoms with Crippen molar-refractivity contribution in [1.29, 1.82) is 0 Å². The van der Waals surface area contributed by atoms with E-state index in [1.165, 1.54) is 5.56 Å². The van der Waals surface area contributed by atoms with Crippen LogP contribution in [0.3, 0.4) is 0 Å². The Balaban J connectivity index is 0.00000196. The molecule has 76 valence electrons. The fraction of sp³-hybridized carbons (Fsp3) is 0.364. The van der Waals surface area contributed by atoms with Gasteiger partial charge in [0.05, 0.1) is 0 Å². The molecule has 15 heavy (non-hydrogen) atoms. The van der Waals surface area contributed by atoms with E-state index in [4.69, 9.17) is 0 Å². The molecule has 0 saturated carbocycles. The van der Waals surface area contributed by atoms with Crippen LogP contribution in [0.25, 0.3) is 0 Å². The molecule has 2 nitrogen and oxygen atoms in total. The number of ether oxygens (including phenoxy) is 1. The van der Waals surface area contributed by atoms with Gasteiger partial charge in [-0.15, -0.1) is 0 Å². The number of thiocarbonyl (C=S) groups is 1. The van der Waals surface area contributed by atoms with E-state index in [0.29, 0.717) is 6.61 Å². The second-order valence-corrected chi connectivity index (χ2v) is 3.37. The Morgan fingerprint density at radius 3 is 2.47 bits per heavy atom. The summed E-state index contributed by atoms with van der Waals surface area (Å²) in [6.07, 6.45) is 2.92. The predicted octanol–water partition coefficient (Wildman–Crippen LogP) is -1.32. The molecule has 0 saturated heterocycles. The fourth-order valence-electron chi connectivity index (χ4n) is 1.23. The summed E-state index contributed by atoms with van der Waals surface area (Å²) in [5.41, 5.74) is 1.32. The van der Waals surface area contributed by atoms with Crippen molar-refractivity contribution in [1.82, 2.24) is 0 Å². The average molecular weight is 232 g/mol. The largest absolute Gasteiger partial charge is 1.00 e. The van der Waals surface area contributed by atoms with Gasteiger partial charge in [0.25, 0.3) is 0 Å². The molecule has 0 atom stereocenters. The first-order valence-electron chi connectivity index (χ1n) is 4.67. The third kappa shape index (κ3) is 7.79. The molecule has 0 unspecified atom stereocenters. The van der Waals surface area contributed by atoms with Crippen molar-refractivity contribution in [2.75, 3.05) is 6.61 Å². The summed E-state index contributed by atoms with van der Waals surface area (Å²) < 4.78 is 4.66. The molecule has 0 aliphatic heterocycles. The van der Waals surface area contributed by atoms with Crippen LogP contribution in [0.1, 0.15) is 18.4 Å². The summed E-state index contributed by atoms with van der Waals surface area (Å²) in [6.45, 7) is 0.440. The molecule has 1 aromatic carbocycles. The van der Waals surface area contributed by atoms with E-state index in [1.54, 1.807) is 0 Å². The smallest absolute Gasteiger partial charge is 0.606 e. The van der Waals surface area contributed by atoms with Crippen LogP contribution in [0.5, 0.6) is 0 Å². The number of rotatable bonds is 5. The number of hydrogen-bond donors (Lipinski definition) is 0. The van der Waals surface area contributed by atoms with E-state index in [9.17, 15) is 5.11 Å². The van der Waals surface area contributed by atoms with Crippen molar-refractivity contribution in [2.24, 2.45) is 0 Å². The Labute approximate surface area is 118 Å². The summed E-state index contributed by atoms with van der Waals surface area (Å²) >= 11 is 4.26. The molecule has 0 heterocycles. The summed E-state index contributed by atoms with van der Waals surface area (Å²) in [5.74, 6) is 0. The van der Waals surface area contributed by atoms with Gasteiger partial charge in [0.2, 0.25) is 0 Å². The minimum absolute atomic E-state index is 0. The molecule has 0 bridgehead atoms. The van der Waals surface area contributed by atoms with Gasteiger partial charge >= 0.3 is 29.6 Å². The zero-order valence-corrected chi connectivity index (χ0v) is 11.8. The number of unbranched alkanes of at least 4 members (excludes halogenated alkanes) is 1. The van der Waals surface area contributed by atoms with Crippen molar-refractivity contribution < 1.29 is 39.4 Å². The maximum Gasteiger partial charge on any atom is 1.00 e. The second kappa shape index (κ2) is 9.16. The summed E-state index contributed by atoms with van der Waals surface area (Å²) in [6, 6.07) is 10.2. The van der Waals surface area contributed by atoms with Gasteiger partial charge < -0.3 is 9.84 Å². The van der Waals surface area contributed by atoms with E-state index in [1.807, 2.05) is 18.2 Å². The van der Waals surface area contributed by atoms with E-state index < -0.39 is 5.24 Å². The molecule has 0 aliphatic rings. The third-order valence-corrected chi connectivity index (χ3v) is 2.04. The predicted molar refractivity (Wildman–Crippen MR) is 57.9 cm³/mol. The van der Waals surface area contributed by atoms with Crippen LogP contribution in [0.15, 0.2) is 30.3 Å². The monoisotopic (exact) mass is 232 g/mol. The minimum Gasteiger partial charge on any atom is -0.606 e. The molecular weight excluding hydrogens is 219 g/mol. The molecule has 0 fully saturated rings. The van der Waals surface area contributed by atoms with E-state index in [0.717, 1.165) is 19.3 Å². The summed E-state index contributed by atoms with van der Waals surface area (Å²) in [4.78, 5) is 0. The zero-order chi connectivity index (χ0) is 10.2. The van der Waals surface area contributed by atoms with Crippen LogP contribution in [0, 0.1) is 0 Å². The fourth-order valence-corrected chi connectivity index (χ4v) is 1.31. The van der Waals surface area contributed by atoms with Crippen LogP contribution < -0.4 is 34.7 Å². The average Bonchev–Trinajstić information content (AvgIpc) is 2.18. The van der Waals surface area contributed by atoms with Crippen LogP contribution in [0.4, 0.5) is 0 Å². The molecule has 1 aromatic rings. The minimum atomic E-state index is -0.607. The normalized spacial score (nSPS) is 9.07. The van der Waals surface area contributed by atoms with Crippen molar-refractivity contribution in [2.45, 2.75) is 19.3 Å². The summed E-state index contributed by atoms with van der Waals surface area (Å²) in [7, 11) is 0. The van der Waals surface area contributed by atoms with E-state index >= 15 is 0 Å². The van der Waals surface area contributed by atoms with E-state index in [2.05, 4.69) is 29.1 Å². The molecule has 0 amide bonds. The van der Waals surface area contributed by atoms with Gasteiger partial charge in [0.15, 0.2) is 0 Å². The van der Waals surface area contributed by atoms with Gasteiger partial charge in [0, 0.05) is 0 Å². The first kappa shape index (κ1) is 14.9. The number of benzene rings is 1. The van der Waals surface area contributed by atoms with Gasteiger partial charge in [-0.05, 0) is 31.4 Å². The standard InChI is InChI=1S/C11H14O2S.Na/c12-11(14)13-9-5-4-8-10-6-2-1-3-7-10;/h1-3,6-7H,4-5,8-9H2,(H,12,14);/q;+1/p-1. The molecule has 0 aliphatic carbocycles. The van der Waals surface area contributed by atoms with Gasteiger partial charge in [0.1, 0.15) is 5.24 Å². The van der Waals surface area contributed by atoms with Crippen molar-refractivity contribution in [3.05, 3.63) is 35.9 Å². The number of aryl methyl sites for hydroxylation is 1. The quantitative estimate of drug-likeness (QED) is 0.358. The van der Waals surface area contributed by atoms with Crippen molar-refractivity contribution in [3.8, 4) is 0 Å². The Morgan fingerprint density at radius 2 is 1.87 bits per heavy atom. The van der Waals surface area contributed by atoms with Gasteiger partial charge in [-0.2, -0.15) is 0 Å². The first-order valence-corrected chi connectivity index (χ1v) is 5.07. The van der Waals surface area contributed by atoms with Crippen molar-refractivity contribution in [3.63, 3.8) is 0 Å². The zero-order valence-electron chi connectivity index (χ0n) is 8.94. The molecule has 0 spiro atoms. The molecule has 0 radical (unpaired) electrons. The Kier molecular flexibility index (Phi) is 9.10. The Morgan fingerprint density at radius 1 is 1.20 bits per heavy atom. The van der Waals surface area contributed by atoms with E-state index in [-0.39, 0.29) is 29.6 Å². The van der Waals surface area contributed by atoms with Crippen LogP contribution >= 0.6 is 12.2 Å². The Bertz CT molecular complexity index is 277.